The number of hydrogen-bond donors (Lipinski definition) is 2. The monoisotopic (exact) mass is 357 g/mol. The maximum atomic E-state index is 13.3. The topological polar surface area (TPSA) is 75.6 Å². The van der Waals surface area contributed by atoms with E-state index in [0.717, 1.165) is 30.6 Å². The molecule has 0 saturated heterocycles. The van der Waals surface area contributed by atoms with Gasteiger partial charge in [-0.2, -0.15) is 0 Å². The first-order chi connectivity index (χ1) is 12.5. The van der Waals surface area contributed by atoms with Crippen LogP contribution >= 0.6 is 0 Å². The number of aliphatic carboxylic acids is 1. The summed E-state index contributed by atoms with van der Waals surface area (Å²) in [5.74, 6) is 1.11. The highest BCUT2D eigenvalue weighted by atomic mass is 16.5. The molecule has 0 aromatic heterocycles. The van der Waals surface area contributed by atoms with Crippen LogP contribution in [0.2, 0.25) is 0 Å². The predicted molar refractivity (Wildman–Crippen MR) is 96.9 cm³/mol. The summed E-state index contributed by atoms with van der Waals surface area (Å²) in [5.41, 5.74) is 0.000291. The van der Waals surface area contributed by atoms with Crippen LogP contribution < -0.4 is 10.1 Å². The summed E-state index contributed by atoms with van der Waals surface area (Å²) in [6.45, 7) is 0.262. The second-order valence-corrected chi connectivity index (χ2v) is 8.53. The number of hydrogen-bond acceptors (Lipinski definition) is 3. The molecule has 0 aliphatic heterocycles. The summed E-state index contributed by atoms with van der Waals surface area (Å²) in [4.78, 5) is 24.7. The van der Waals surface area contributed by atoms with Crippen molar-refractivity contribution in [3.05, 3.63) is 29.8 Å². The number of methoxy groups -OCH3 is 1. The Labute approximate surface area is 154 Å². The molecule has 1 amide bonds. The lowest BCUT2D eigenvalue weighted by Crippen LogP contribution is -2.48. The SMILES string of the molecule is COc1cccc(CC2(C(=O)NCC3(C(=O)O)CC3)CC3CCC2C3)c1. The summed E-state index contributed by atoms with van der Waals surface area (Å²) >= 11 is 0. The maximum absolute atomic E-state index is 13.3. The number of rotatable bonds is 7. The molecule has 0 radical (unpaired) electrons. The summed E-state index contributed by atoms with van der Waals surface area (Å²) in [5, 5.41) is 12.4. The van der Waals surface area contributed by atoms with Crippen molar-refractivity contribution < 1.29 is 19.4 Å². The van der Waals surface area contributed by atoms with Gasteiger partial charge in [0.15, 0.2) is 0 Å². The Balaban J connectivity index is 1.54. The number of carbonyl (C=O) groups excluding carboxylic acids is 1. The Morgan fingerprint density at radius 2 is 2.12 bits per heavy atom. The third kappa shape index (κ3) is 2.87. The zero-order chi connectivity index (χ0) is 18.4. The number of carboxylic acids is 1. The van der Waals surface area contributed by atoms with Gasteiger partial charge in [-0.25, -0.2) is 0 Å². The fourth-order valence-electron chi connectivity index (χ4n) is 5.21. The first kappa shape index (κ1) is 17.4. The van der Waals surface area contributed by atoms with E-state index in [0.29, 0.717) is 31.1 Å². The normalized spacial score (nSPS) is 30.8. The third-order valence-corrected chi connectivity index (χ3v) is 6.98. The van der Waals surface area contributed by atoms with Crippen molar-refractivity contribution in [3.8, 4) is 5.75 Å². The van der Waals surface area contributed by atoms with E-state index in [2.05, 4.69) is 11.4 Å². The smallest absolute Gasteiger partial charge is 0.311 e. The van der Waals surface area contributed by atoms with Crippen LogP contribution in [0.1, 0.15) is 44.1 Å². The zero-order valence-electron chi connectivity index (χ0n) is 15.3. The average Bonchev–Trinajstić information content (AvgIpc) is 3.18. The molecular formula is C21H27NO4. The molecule has 3 unspecified atom stereocenters. The molecular weight excluding hydrogens is 330 g/mol. The van der Waals surface area contributed by atoms with Gasteiger partial charge in [-0.05, 0) is 68.1 Å². The fraction of sp³-hybridized carbons (Fsp3) is 0.619. The highest BCUT2D eigenvalue weighted by molar-refractivity contribution is 5.85. The molecule has 0 spiro atoms. The lowest BCUT2D eigenvalue weighted by molar-refractivity contribution is -0.143. The number of fused-ring (bicyclic) bond motifs is 2. The lowest BCUT2D eigenvalue weighted by atomic mass is 9.68. The van der Waals surface area contributed by atoms with Crippen LogP contribution in [0.25, 0.3) is 0 Å². The van der Waals surface area contributed by atoms with Crippen LogP contribution in [-0.2, 0) is 16.0 Å². The molecule has 1 aromatic carbocycles. The van der Waals surface area contributed by atoms with Crippen LogP contribution in [0, 0.1) is 22.7 Å². The molecule has 2 bridgehead atoms. The largest absolute Gasteiger partial charge is 0.497 e. The lowest BCUT2D eigenvalue weighted by Gasteiger charge is -2.37. The highest BCUT2D eigenvalue weighted by Gasteiger charge is 2.56. The Hall–Kier alpha value is -2.04. The number of carbonyl (C=O) groups is 2. The molecule has 2 N–H and O–H groups in total. The van der Waals surface area contributed by atoms with Crippen molar-refractivity contribution in [2.24, 2.45) is 22.7 Å². The Bertz CT molecular complexity index is 726. The zero-order valence-corrected chi connectivity index (χ0v) is 15.3. The molecule has 3 saturated carbocycles. The summed E-state index contributed by atoms with van der Waals surface area (Å²) in [7, 11) is 1.65. The number of carboxylic acid groups (broad SMARTS) is 1. The van der Waals surface area contributed by atoms with Crippen molar-refractivity contribution in [3.63, 3.8) is 0 Å². The van der Waals surface area contributed by atoms with Gasteiger partial charge in [0.2, 0.25) is 5.91 Å². The summed E-state index contributed by atoms with van der Waals surface area (Å²) < 4.78 is 5.34. The van der Waals surface area contributed by atoms with Gasteiger partial charge in [-0.15, -0.1) is 0 Å². The van der Waals surface area contributed by atoms with Gasteiger partial charge in [0.05, 0.1) is 17.9 Å². The van der Waals surface area contributed by atoms with E-state index in [1.54, 1.807) is 7.11 Å². The predicted octanol–water partition coefficient (Wildman–Crippen LogP) is 3.03. The molecule has 4 rings (SSSR count). The van der Waals surface area contributed by atoms with E-state index in [-0.39, 0.29) is 12.5 Å². The number of ether oxygens (including phenoxy) is 1. The molecule has 3 aliphatic carbocycles. The van der Waals surface area contributed by atoms with Gasteiger partial charge in [0.1, 0.15) is 5.75 Å². The van der Waals surface area contributed by atoms with E-state index in [1.165, 1.54) is 6.42 Å². The molecule has 1 aromatic rings. The van der Waals surface area contributed by atoms with Crippen molar-refractivity contribution in [1.82, 2.24) is 5.32 Å². The molecule has 140 valence electrons. The fourth-order valence-corrected chi connectivity index (χ4v) is 5.21. The van der Waals surface area contributed by atoms with Crippen LogP contribution in [0.4, 0.5) is 0 Å². The maximum Gasteiger partial charge on any atom is 0.311 e. The average molecular weight is 357 g/mol. The molecule has 5 nitrogen and oxygen atoms in total. The van der Waals surface area contributed by atoms with Crippen molar-refractivity contribution >= 4 is 11.9 Å². The Kier molecular flexibility index (Phi) is 4.20. The number of nitrogens with one attached hydrogen (secondary N) is 1. The van der Waals surface area contributed by atoms with Crippen molar-refractivity contribution in [2.75, 3.05) is 13.7 Å². The highest BCUT2D eigenvalue weighted by Crippen LogP contribution is 2.57. The molecule has 3 fully saturated rings. The van der Waals surface area contributed by atoms with Gasteiger partial charge in [0, 0.05) is 6.54 Å². The van der Waals surface area contributed by atoms with Crippen LogP contribution in [0.5, 0.6) is 5.75 Å². The van der Waals surface area contributed by atoms with Crippen LogP contribution in [0.3, 0.4) is 0 Å². The molecule has 3 atom stereocenters. The second kappa shape index (κ2) is 6.29. The second-order valence-electron chi connectivity index (χ2n) is 8.53. The summed E-state index contributed by atoms with van der Waals surface area (Å²) in [6, 6.07) is 7.96. The van der Waals surface area contributed by atoms with Crippen LogP contribution in [-0.4, -0.2) is 30.6 Å². The quantitative estimate of drug-likeness (QED) is 0.786. The molecule has 5 heteroatoms. The van der Waals surface area contributed by atoms with Crippen LogP contribution in [0.15, 0.2) is 24.3 Å². The van der Waals surface area contributed by atoms with E-state index < -0.39 is 16.8 Å². The first-order valence-corrected chi connectivity index (χ1v) is 9.62. The minimum absolute atomic E-state index is 0.0556. The third-order valence-electron chi connectivity index (χ3n) is 6.98. The minimum Gasteiger partial charge on any atom is -0.497 e. The van der Waals surface area contributed by atoms with Crippen molar-refractivity contribution in [1.29, 1.82) is 0 Å². The number of amides is 1. The van der Waals surface area contributed by atoms with Gasteiger partial charge < -0.3 is 15.2 Å². The van der Waals surface area contributed by atoms with Gasteiger partial charge in [-0.3, -0.25) is 9.59 Å². The standard InChI is InChI=1S/C21H27NO4/c1-26-17-4-2-3-14(10-17)11-21(12-15-5-6-16(21)9-15)18(23)22-13-20(7-8-20)19(24)25/h2-4,10,15-16H,5-9,11-13H2,1H3,(H,22,23)(H,24,25). The first-order valence-electron chi connectivity index (χ1n) is 9.62. The Morgan fingerprint density at radius 3 is 2.69 bits per heavy atom. The van der Waals surface area contributed by atoms with E-state index in [9.17, 15) is 14.7 Å². The van der Waals surface area contributed by atoms with E-state index >= 15 is 0 Å². The van der Waals surface area contributed by atoms with Gasteiger partial charge >= 0.3 is 5.97 Å². The summed E-state index contributed by atoms with van der Waals surface area (Å²) in [6.07, 6.45) is 6.40. The Morgan fingerprint density at radius 1 is 1.31 bits per heavy atom. The van der Waals surface area contributed by atoms with E-state index in [4.69, 9.17) is 4.74 Å². The van der Waals surface area contributed by atoms with Crippen molar-refractivity contribution in [2.45, 2.75) is 44.9 Å². The van der Waals surface area contributed by atoms with E-state index in [1.807, 2.05) is 18.2 Å². The number of benzene rings is 1. The minimum atomic E-state index is -0.785. The molecule has 3 aliphatic rings. The molecule has 26 heavy (non-hydrogen) atoms. The molecule has 0 heterocycles. The van der Waals surface area contributed by atoms with Gasteiger partial charge in [-0.1, -0.05) is 18.6 Å². The van der Waals surface area contributed by atoms with Gasteiger partial charge in [0.25, 0.3) is 0 Å².